The van der Waals surface area contributed by atoms with E-state index in [1.807, 2.05) is 6.92 Å². The predicted octanol–water partition coefficient (Wildman–Crippen LogP) is 0.502. The molecule has 0 aromatic rings. The van der Waals surface area contributed by atoms with Crippen molar-refractivity contribution in [3.05, 3.63) is 0 Å². The number of rotatable bonds is 4. The molecule has 0 saturated heterocycles. The molecule has 1 unspecified atom stereocenters. The zero-order valence-corrected chi connectivity index (χ0v) is 9.59. The largest absolute Gasteiger partial charge is 0.354 e. The van der Waals surface area contributed by atoms with Crippen molar-refractivity contribution >= 4 is 5.91 Å². The first kappa shape index (κ1) is 12.5. The number of carbonyl (C=O) groups excluding carboxylic acids is 1. The number of nitrogens with one attached hydrogen (secondary N) is 1. The minimum Gasteiger partial charge on any atom is -0.354 e. The van der Waals surface area contributed by atoms with Crippen LogP contribution in [-0.4, -0.2) is 24.0 Å². The molecule has 0 spiro atoms. The van der Waals surface area contributed by atoms with E-state index in [4.69, 9.17) is 11.5 Å². The van der Waals surface area contributed by atoms with Crippen molar-refractivity contribution in [3.63, 3.8) is 0 Å². The minimum absolute atomic E-state index is 0.00264. The van der Waals surface area contributed by atoms with Crippen molar-refractivity contribution < 1.29 is 4.79 Å². The molecule has 0 aliphatic heterocycles. The summed E-state index contributed by atoms with van der Waals surface area (Å²) in [6.07, 6.45) is 5.77. The van der Waals surface area contributed by atoms with Gasteiger partial charge in [-0.2, -0.15) is 0 Å². The summed E-state index contributed by atoms with van der Waals surface area (Å²) in [4.78, 5) is 11.8. The highest BCUT2D eigenvalue weighted by molar-refractivity contribution is 5.86. The summed E-state index contributed by atoms with van der Waals surface area (Å²) in [5, 5.41) is 2.88. The van der Waals surface area contributed by atoms with E-state index < -0.39 is 5.54 Å². The Bertz CT molecular complexity index is 210. The van der Waals surface area contributed by atoms with Crippen molar-refractivity contribution in [3.8, 4) is 0 Å². The minimum atomic E-state index is -0.615. The molecule has 0 radical (unpaired) electrons. The molecule has 4 nitrogen and oxygen atoms in total. The Balaban J connectivity index is 2.31. The van der Waals surface area contributed by atoms with Gasteiger partial charge >= 0.3 is 0 Å². The van der Waals surface area contributed by atoms with Crippen molar-refractivity contribution in [2.45, 2.75) is 57.0 Å². The second-order valence-electron chi connectivity index (χ2n) is 4.74. The standard InChI is InChI=1S/C11H23N3O/c1-9(12)5-8-14-10(15)11(13)6-3-2-4-7-11/h9H,2-8,12-13H2,1H3,(H,14,15). The Hall–Kier alpha value is -0.610. The van der Waals surface area contributed by atoms with Crippen LogP contribution >= 0.6 is 0 Å². The first-order valence-electron chi connectivity index (χ1n) is 5.87. The van der Waals surface area contributed by atoms with Gasteiger partial charge < -0.3 is 16.8 Å². The van der Waals surface area contributed by atoms with E-state index in [-0.39, 0.29) is 11.9 Å². The Morgan fingerprint density at radius 3 is 2.53 bits per heavy atom. The summed E-state index contributed by atoms with van der Waals surface area (Å²) in [5.41, 5.74) is 11.1. The molecule has 0 heterocycles. The van der Waals surface area contributed by atoms with E-state index >= 15 is 0 Å². The van der Waals surface area contributed by atoms with Gasteiger partial charge in [-0.05, 0) is 26.2 Å². The fourth-order valence-electron chi connectivity index (χ4n) is 2.00. The third-order valence-electron chi connectivity index (χ3n) is 3.08. The lowest BCUT2D eigenvalue weighted by molar-refractivity contribution is -0.127. The molecule has 5 N–H and O–H groups in total. The average molecular weight is 213 g/mol. The monoisotopic (exact) mass is 213 g/mol. The maximum Gasteiger partial charge on any atom is 0.240 e. The summed E-state index contributed by atoms with van der Waals surface area (Å²) in [5.74, 6) is 0.00264. The van der Waals surface area contributed by atoms with Gasteiger partial charge in [0.1, 0.15) is 0 Å². The van der Waals surface area contributed by atoms with Crippen molar-refractivity contribution in [2.75, 3.05) is 6.54 Å². The predicted molar refractivity (Wildman–Crippen MR) is 61.3 cm³/mol. The molecule has 88 valence electrons. The molecule has 1 fully saturated rings. The van der Waals surface area contributed by atoms with Gasteiger partial charge in [0, 0.05) is 12.6 Å². The van der Waals surface area contributed by atoms with Crippen LogP contribution in [0.3, 0.4) is 0 Å². The van der Waals surface area contributed by atoms with Crippen LogP contribution in [0.5, 0.6) is 0 Å². The Kier molecular flexibility index (Phi) is 4.54. The van der Waals surface area contributed by atoms with E-state index in [0.29, 0.717) is 6.54 Å². The maximum atomic E-state index is 11.8. The lowest BCUT2D eigenvalue weighted by Crippen LogP contribution is -2.55. The van der Waals surface area contributed by atoms with Gasteiger partial charge in [-0.3, -0.25) is 4.79 Å². The summed E-state index contributed by atoms with van der Waals surface area (Å²) in [6, 6.07) is 0.130. The lowest BCUT2D eigenvalue weighted by atomic mass is 9.82. The SMILES string of the molecule is CC(N)CCNC(=O)C1(N)CCCCC1. The molecular formula is C11H23N3O. The number of amides is 1. The van der Waals surface area contributed by atoms with Crippen LogP contribution in [-0.2, 0) is 4.79 Å². The Labute approximate surface area is 91.8 Å². The second-order valence-corrected chi connectivity index (χ2v) is 4.74. The van der Waals surface area contributed by atoms with Crippen molar-refractivity contribution in [1.82, 2.24) is 5.32 Å². The topological polar surface area (TPSA) is 81.1 Å². The molecule has 1 saturated carbocycles. The molecule has 1 aliphatic carbocycles. The number of hydrogen-bond donors (Lipinski definition) is 3. The van der Waals surface area contributed by atoms with Crippen LogP contribution in [0.15, 0.2) is 0 Å². The molecular weight excluding hydrogens is 190 g/mol. The molecule has 0 aromatic carbocycles. The van der Waals surface area contributed by atoms with Crippen molar-refractivity contribution in [2.24, 2.45) is 11.5 Å². The molecule has 1 amide bonds. The van der Waals surface area contributed by atoms with Crippen LogP contribution in [0, 0.1) is 0 Å². The third kappa shape index (κ3) is 3.80. The van der Waals surface area contributed by atoms with Crippen molar-refractivity contribution in [1.29, 1.82) is 0 Å². The molecule has 1 atom stereocenters. The Morgan fingerprint density at radius 2 is 2.00 bits per heavy atom. The summed E-state index contributed by atoms with van der Waals surface area (Å²) in [6.45, 7) is 2.57. The molecule has 4 heteroatoms. The normalized spacial score (nSPS) is 22.1. The number of hydrogen-bond acceptors (Lipinski definition) is 3. The van der Waals surface area contributed by atoms with E-state index in [2.05, 4.69) is 5.32 Å². The fourth-order valence-corrected chi connectivity index (χ4v) is 2.00. The van der Waals surface area contributed by atoms with E-state index in [9.17, 15) is 4.79 Å². The summed E-state index contributed by atoms with van der Waals surface area (Å²) >= 11 is 0. The average Bonchev–Trinajstić information content (AvgIpc) is 2.18. The maximum absolute atomic E-state index is 11.8. The van der Waals surface area contributed by atoms with Gasteiger partial charge in [-0.25, -0.2) is 0 Å². The molecule has 0 bridgehead atoms. The van der Waals surface area contributed by atoms with Crippen LogP contribution < -0.4 is 16.8 Å². The first-order valence-corrected chi connectivity index (χ1v) is 5.87. The van der Waals surface area contributed by atoms with Crippen LogP contribution in [0.25, 0.3) is 0 Å². The number of carbonyl (C=O) groups is 1. The summed E-state index contributed by atoms with van der Waals surface area (Å²) < 4.78 is 0. The van der Waals surface area contributed by atoms with Gasteiger partial charge in [-0.1, -0.05) is 19.3 Å². The lowest BCUT2D eigenvalue weighted by Gasteiger charge is -2.31. The van der Waals surface area contributed by atoms with E-state index in [1.54, 1.807) is 0 Å². The fraction of sp³-hybridized carbons (Fsp3) is 0.909. The number of nitrogens with two attached hydrogens (primary N) is 2. The first-order chi connectivity index (χ1) is 7.04. The van der Waals surface area contributed by atoms with Crippen LogP contribution in [0.4, 0.5) is 0 Å². The highest BCUT2D eigenvalue weighted by Gasteiger charge is 2.34. The third-order valence-corrected chi connectivity index (χ3v) is 3.08. The van der Waals surface area contributed by atoms with E-state index in [1.165, 1.54) is 6.42 Å². The van der Waals surface area contributed by atoms with E-state index in [0.717, 1.165) is 32.1 Å². The highest BCUT2D eigenvalue weighted by Crippen LogP contribution is 2.25. The molecule has 1 aliphatic rings. The highest BCUT2D eigenvalue weighted by atomic mass is 16.2. The van der Waals surface area contributed by atoms with Gasteiger partial charge in [0.25, 0.3) is 0 Å². The summed E-state index contributed by atoms with van der Waals surface area (Å²) in [7, 11) is 0. The zero-order chi connectivity index (χ0) is 11.3. The molecule has 0 aromatic heterocycles. The van der Waals surface area contributed by atoms with Gasteiger partial charge in [0.15, 0.2) is 0 Å². The van der Waals surface area contributed by atoms with Crippen LogP contribution in [0.1, 0.15) is 45.4 Å². The van der Waals surface area contributed by atoms with Gasteiger partial charge in [-0.15, -0.1) is 0 Å². The smallest absolute Gasteiger partial charge is 0.240 e. The van der Waals surface area contributed by atoms with Gasteiger partial charge in [0.2, 0.25) is 5.91 Å². The second kappa shape index (κ2) is 5.47. The quantitative estimate of drug-likeness (QED) is 0.636. The Morgan fingerprint density at radius 1 is 1.40 bits per heavy atom. The van der Waals surface area contributed by atoms with Gasteiger partial charge in [0.05, 0.1) is 5.54 Å². The molecule has 1 rings (SSSR count). The molecule has 15 heavy (non-hydrogen) atoms. The van der Waals surface area contributed by atoms with Crippen LogP contribution in [0.2, 0.25) is 0 Å². The zero-order valence-electron chi connectivity index (χ0n) is 9.59.